The smallest absolute Gasteiger partial charge is 0.178 e. The number of rotatable bonds is 6. The summed E-state index contributed by atoms with van der Waals surface area (Å²) in [6.45, 7) is 12.3. The average Bonchev–Trinajstić information content (AvgIpc) is 3.38. The number of aryl methyl sites for hydroxylation is 1. The predicted octanol–water partition coefficient (Wildman–Crippen LogP) is 4.74. The molecule has 2 aromatic carbocycles. The van der Waals surface area contributed by atoms with Crippen molar-refractivity contribution < 1.29 is 9.47 Å². The van der Waals surface area contributed by atoms with Crippen molar-refractivity contribution in [3.05, 3.63) is 66.1 Å². The molecular weight excluding hydrogens is 452 g/mol. The van der Waals surface area contributed by atoms with Crippen LogP contribution in [0.3, 0.4) is 0 Å². The molecule has 0 bridgehead atoms. The van der Waals surface area contributed by atoms with Crippen LogP contribution in [0, 0.1) is 6.92 Å². The Morgan fingerprint density at radius 3 is 2.64 bits per heavy atom. The van der Waals surface area contributed by atoms with E-state index in [9.17, 15) is 0 Å². The number of nitrogens with zero attached hydrogens (tertiary/aromatic N) is 6. The van der Waals surface area contributed by atoms with Gasteiger partial charge < -0.3 is 14.0 Å². The summed E-state index contributed by atoms with van der Waals surface area (Å²) in [5, 5.41) is 4.56. The molecule has 36 heavy (non-hydrogen) atoms. The standard InChI is InChI=1S/C28H32N6O2/c1-19(2)34-27(29-20(3)31-34)24-16-33-12-13-35-25-14-22(10-11-23(25)26(33)30-24)36-28(4)17-32(18-28)15-21-8-6-5-7-9-21/h5-11,14,16,19H,12-13,15,17-18H2,1-4H3. The van der Waals surface area contributed by atoms with Gasteiger partial charge in [0.2, 0.25) is 0 Å². The van der Waals surface area contributed by atoms with Crippen molar-refractivity contribution in [2.24, 2.45) is 0 Å². The minimum Gasteiger partial charge on any atom is -0.491 e. The summed E-state index contributed by atoms with van der Waals surface area (Å²) in [7, 11) is 0. The largest absolute Gasteiger partial charge is 0.491 e. The highest BCUT2D eigenvalue weighted by atomic mass is 16.5. The molecule has 0 amide bonds. The molecule has 0 unspecified atom stereocenters. The highest BCUT2D eigenvalue weighted by Crippen LogP contribution is 2.38. The minimum absolute atomic E-state index is 0.203. The number of likely N-dealkylation sites (tertiary alicyclic amines) is 1. The third-order valence-electron chi connectivity index (χ3n) is 6.75. The van der Waals surface area contributed by atoms with Gasteiger partial charge in [-0.15, -0.1) is 0 Å². The van der Waals surface area contributed by atoms with Crippen molar-refractivity contribution in [3.63, 3.8) is 0 Å². The second-order valence-electron chi connectivity index (χ2n) is 10.4. The van der Waals surface area contributed by atoms with Crippen LogP contribution in [0.1, 0.15) is 38.2 Å². The number of benzene rings is 2. The van der Waals surface area contributed by atoms with Gasteiger partial charge in [-0.3, -0.25) is 4.90 Å². The zero-order valence-corrected chi connectivity index (χ0v) is 21.3. The fourth-order valence-corrected chi connectivity index (χ4v) is 5.20. The number of hydrogen-bond donors (Lipinski definition) is 0. The van der Waals surface area contributed by atoms with E-state index in [0.29, 0.717) is 13.2 Å². The van der Waals surface area contributed by atoms with Gasteiger partial charge in [0.15, 0.2) is 5.82 Å². The van der Waals surface area contributed by atoms with E-state index >= 15 is 0 Å². The van der Waals surface area contributed by atoms with Crippen LogP contribution in [0.5, 0.6) is 11.5 Å². The Hall–Kier alpha value is -3.65. The van der Waals surface area contributed by atoms with Gasteiger partial charge in [-0.2, -0.15) is 5.10 Å². The zero-order valence-electron chi connectivity index (χ0n) is 21.3. The lowest BCUT2D eigenvalue weighted by Gasteiger charge is -2.47. The molecule has 2 aliphatic rings. The maximum Gasteiger partial charge on any atom is 0.178 e. The van der Waals surface area contributed by atoms with Crippen LogP contribution < -0.4 is 9.47 Å². The minimum atomic E-state index is -0.210. The molecule has 4 aromatic rings. The quantitative estimate of drug-likeness (QED) is 0.394. The number of aromatic nitrogens is 5. The summed E-state index contributed by atoms with van der Waals surface area (Å²) in [6, 6.07) is 16.9. The van der Waals surface area contributed by atoms with E-state index in [1.807, 2.05) is 23.7 Å². The Balaban J connectivity index is 1.21. The average molecular weight is 485 g/mol. The fraction of sp³-hybridized carbons (Fsp3) is 0.393. The molecule has 4 heterocycles. The van der Waals surface area contributed by atoms with Crippen LogP contribution in [0.2, 0.25) is 0 Å². The first kappa shape index (κ1) is 22.8. The van der Waals surface area contributed by atoms with E-state index in [4.69, 9.17) is 14.5 Å². The molecule has 2 aliphatic heterocycles. The van der Waals surface area contributed by atoms with Crippen molar-refractivity contribution in [2.45, 2.75) is 52.4 Å². The van der Waals surface area contributed by atoms with Crippen LogP contribution in [0.15, 0.2) is 54.7 Å². The van der Waals surface area contributed by atoms with Gasteiger partial charge in [-0.25, -0.2) is 14.6 Å². The van der Waals surface area contributed by atoms with Crippen LogP contribution in [0.4, 0.5) is 0 Å². The predicted molar refractivity (Wildman–Crippen MR) is 138 cm³/mol. The normalized spacial score (nSPS) is 16.6. The SMILES string of the molecule is Cc1nc(-c2cn3c(n2)-c2ccc(OC4(C)CN(Cc5ccccc5)C4)cc2OCC3)n(C(C)C)n1. The Labute approximate surface area is 211 Å². The Morgan fingerprint density at radius 2 is 1.86 bits per heavy atom. The van der Waals surface area contributed by atoms with Crippen molar-refractivity contribution in [1.82, 2.24) is 29.2 Å². The van der Waals surface area contributed by atoms with Crippen molar-refractivity contribution >= 4 is 0 Å². The molecule has 6 rings (SSSR count). The van der Waals surface area contributed by atoms with Crippen molar-refractivity contribution in [2.75, 3.05) is 19.7 Å². The van der Waals surface area contributed by atoms with Crippen molar-refractivity contribution in [1.29, 1.82) is 0 Å². The van der Waals surface area contributed by atoms with Crippen LogP contribution in [-0.4, -0.2) is 54.5 Å². The summed E-state index contributed by atoms with van der Waals surface area (Å²) in [6.07, 6.45) is 2.05. The van der Waals surface area contributed by atoms with Crippen LogP contribution >= 0.6 is 0 Å². The molecular formula is C28H32N6O2. The number of hydrogen-bond acceptors (Lipinski definition) is 6. The van der Waals surface area contributed by atoms with E-state index < -0.39 is 0 Å². The summed E-state index contributed by atoms with van der Waals surface area (Å²) >= 11 is 0. The molecule has 0 atom stereocenters. The molecule has 186 valence electrons. The Morgan fingerprint density at radius 1 is 1.06 bits per heavy atom. The van der Waals surface area contributed by atoms with Gasteiger partial charge in [-0.05, 0) is 45.4 Å². The van der Waals surface area contributed by atoms with Gasteiger partial charge >= 0.3 is 0 Å². The molecule has 0 spiro atoms. The maximum atomic E-state index is 6.45. The zero-order chi connectivity index (χ0) is 24.9. The monoisotopic (exact) mass is 484 g/mol. The number of ether oxygens (including phenoxy) is 2. The first-order valence-electron chi connectivity index (χ1n) is 12.6. The molecule has 0 N–H and O–H groups in total. The molecule has 0 radical (unpaired) electrons. The molecule has 8 nitrogen and oxygen atoms in total. The molecule has 2 aromatic heterocycles. The molecule has 8 heteroatoms. The third kappa shape index (κ3) is 4.26. The number of imidazole rings is 1. The van der Waals surface area contributed by atoms with Crippen molar-refractivity contribution in [3.8, 4) is 34.4 Å². The van der Waals surface area contributed by atoms with E-state index in [1.165, 1.54) is 5.56 Å². The molecule has 0 saturated carbocycles. The topological polar surface area (TPSA) is 70.2 Å². The van der Waals surface area contributed by atoms with Gasteiger partial charge in [0, 0.05) is 37.9 Å². The second kappa shape index (κ2) is 8.78. The maximum absolute atomic E-state index is 6.45. The first-order valence-corrected chi connectivity index (χ1v) is 12.6. The van der Waals surface area contributed by atoms with Crippen LogP contribution in [0.25, 0.3) is 22.9 Å². The lowest BCUT2D eigenvalue weighted by molar-refractivity contribution is -0.0676. The second-order valence-corrected chi connectivity index (χ2v) is 10.4. The van der Waals surface area contributed by atoms with Crippen LogP contribution in [-0.2, 0) is 13.1 Å². The first-order chi connectivity index (χ1) is 17.4. The van der Waals surface area contributed by atoms with Gasteiger partial charge in [0.05, 0.1) is 12.1 Å². The lowest BCUT2D eigenvalue weighted by atomic mass is 9.95. The van der Waals surface area contributed by atoms with E-state index in [1.54, 1.807) is 0 Å². The summed E-state index contributed by atoms with van der Waals surface area (Å²) in [4.78, 5) is 12.0. The van der Waals surface area contributed by atoms with E-state index in [2.05, 4.69) is 82.9 Å². The van der Waals surface area contributed by atoms with E-state index in [-0.39, 0.29) is 11.6 Å². The highest BCUT2D eigenvalue weighted by molar-refractivity contribution is 5.69. The van der Waals surface area contributed by atoms with E-state index in [0.717, 1.165) is 59.9 Å². The molecule has 0 aliphatic carbocycles. The third-order valence-corrected chi connectivity index (χ3v) is 6.75. The molecule has 1 saturated heterocycles. The van der Waals surface area contributed by atoms with Gasteiger partial charge in [0.25, 0.3) is 0 Å². The Kier molecular flexibility index (Phi) is 5.56. The molecule has 1 fully saturated rings. The fourth-order valence-electron chi connectivity index (χ4n) is 5.20. The summed E-state index contributed by atoms with van der Waals surface area (Å²) in [5.74, 6) is 4.05. The Bertz CT molecular complexity index is 1380. The highest BCUT2D eigenvalue weighted by Gasteiger charge is 2.41. The summed E-state index contributed by atoms with van der Waals surface area (Å²) in [5.41, 5.74) is 2.91. The number of fused-ring (bicyclic) bond motifs is 3. The summed E-state index contributed by atoms with van der Waals surface area (Å²) < 4.78 is 16.7. The van der Waals surface area contributed by atoms with Gasteiger partial charge in [0.1, 0.15) is 41.0 Å². The van der Waals surface area contributed by atoms with Gasteiger partial charge in [-0.1, -0.05) is 30.3 Å². The lowest BCUT2D eigenvalue weighted by Crippen LogP contribution is -2.62.